The van der Waals surface area contributed by atoms with Crippen LogP contribution in [0.4, 0.5) is 0 Å². The van der Waals surface area contributed by atoms with E-state index < -0.39 is 28.5 Å². The van der Waals surface area contributed by atoms with E-state index in [9.17, 15) is 5.11 Å². The number of benzene rings is 3. The van der Waals surface area contributed by atoms with Gasteiger partial charge in [-0.05, 0) is 97.2 Å². The van der Waals surface area contributed by atoms with Crippen LogP contribution < -0.4 is 15.1 Å². The van der Waals surface area contributed by atoms with Crippen LogP contribution >= 0.6 is 0 Å². The van der Waals surface area contributed by atoms with Crippen LogP contribution in [0.1, 0.15) is 99.5 Å². The van der Waals surface area contributed by atoms with E-state index in [2.05, 4.69) is 109 Å². The summed E-state index contributed by atoms with van der Waals surface area (Å²) in [5.74, 6) is 0.155. The summed E-state index contributed by atoms with van der Waals surface area (Å²) in [4.78, 5) is 0. The minimum atomic E-state index is -2.85. The number of rotatable bonds is 22. The van der Waals surface area contributed by atoms with Crippen molar-refractivity contribution in [3.05, 3.63) is 103 Å². The Morgan fingerprint density at radius 1 is 0.864 bits per heavy atom. The normalized spacial score (nSPS) is 22.2. The quantitative estimate of drug-likeness (QED) is 0.0609. The smallest absolute Gasteiger partial charge is 0.261 e. The molecule has 3 aromatic rings. The van der Waals surface area contributed by atoms with Gasteiger partial charge in [-0.25, -0.2) is 0 Å². The molecule has 0 unspecified atom stereocenters. The van der Waals surface area contributed by atoms with Gasteiger partial charge in [0.1, 0.15) is 11.9 Å². The van der Waals surface area contributed by atoms with Gasteiger partial charge in [-0.2, -0.15) is 0 Å². The van der Waals surface area contributed by atoms with Gasteiger partial charge in [0, 0.05) is 13.0 Å². The average molecular weight is 847 g/mol. The lowest BCUT2D eigenvalue weighted by Crippen LogP contribution is -2.68. The summed E-state index contributed by atoms with van der Waals surface area (Å²) in [6.45, 7) is 23.7. The first-order chi connectivity index (χ1) is 28.1. The third-order valence-electron chi connectivity index (χ3n) is 12.5. The van der Waals surface area contributed by atoms with Gasteiger partial charge in [-0.15, -0.1) is 0 Å². The fourth-order valence-corrected chi connectivity index (χ4v) is 16.8. The van der Waals surface area contributed by atoms with Crippen molar-refractivity contribution in [2.24, 2.45) is 0 Å². The molecule has 59 heavy (non-hydrogen) atoms. The second-order valence-corrected chi connectivity index (χ2v) is 27.2. The molecule has 0 saturated carbocycles. The molecule has 8 nitrogen and oxygen atoms in total. The third-order valence-corrected chi connectivity index (χ3v) is 22.3. The maximum atomic E-state index is 11.8. The van der Waals surface area contributed by atoms with Gasteiger partial charge in [-0.1, -0.05) is 126 Å². The molecule has 0 spiro atoms. The van der Waals surface area contributed by atoms with E-state index in [-0.39, 0.29) is 35.6 Å². The molecule has 2 saturated heterocycles. The van der Waals surface area contributed by atoms with Crippen molar-refractivity contribution in [2.75, 3.05) is 20.3 Å². The standard InChI is InChI=1S/C49H74O8Si2/c1-11-58(12-2,13-3)56-41(28-29-52-35-38-24-26-40(51-10)27-25-38)31-37(4)30-39(50)32-42-33-43(34-46(54-42)47-36-53-49(8,9)55-47)57-59(48(5,6)7,44-20-16-14-17-21-44)45-22-18-15-19-23-45/h14-27,39,41-43,46-47,50H,4,11-13,28-36H2,1-3,5-10H3/t39-,41-,42+,43+,46+,47-/m0/s1. The average Bonchev–Trinajstić information content (AvgIpc) is 3.60. The van der Waals surface area contributed by atoms with E-state index in [0.717, 1.165) is 41.4 Å². The zero-order valence-corrected chi connectivity index (χ0v) is 39.5. The fraction of sp³-hybridized carbons (Fsp3) is 0.592. The fourth-order valence-electron chi connectivity index (χ4n) is 9.14. The van der Waals surface area contributed by atoms with Crippen LogP contribution in [0, 0.1) is 0 Å². The molecule has 3 aromatic carbocycles. The lowest BCUT2D eigenvalue weighted by Gasteiger charge is -2.48. The highest BCUT2D eigenvalue weighted by Crippen LogP contribution is 2.41. The first-order valence-corrected chi connectivity index (χ1v) is 26.6. The van der Waals surface area contributed by atoms with Crippen LogP contribution in [0.2, 0.25) is 23.2 Å². The van der Waals surface area contributed by atoms with E-state index in [1.54, 1.807) is 7.11 Å². The monoisotopic (exact) mass is 846 g/mol. The summed E-state index contributed by atoms with van der Waals surface area (Å²) in [6.07, 6.45) is 2.33. The predicted octanol–water partition coefficient (Wildman–Crippen LogP) is 9.72. The highest BCUT2D eigenvalue weighted by Gasteiger charge is 2.53. The molecule has 6 atom stereocenters. The minimum absolute atomic E-state index is 0.0144. The summed E-state index contributed by atoms with van der Waals surface area (Å²) >= 11 is 0. The van der Waals surface area contributed by atoms with Gasteiger partial charge in [0.2, 0.25) is 0 Å². The van der Waals surface area contributed by atoms with Gasteiger partial charge in [0.15, 0.2) is 14.1 Å². The van der Waals surface area contributed by atoms with Crippen molar-refractivity contribution in [1.29, 1.82) is 0 Å². The van der Waals surface area contributed by atoms with Crippen molar-refractivity contribution < 1.29 is 37.6 Å². The van der Waals surface area contributed by atoms with Crippen molar-refractivity contribution >= 4 is 27.0 Å². The third kappa shape index (κ3) is 12.7. The van der Waals surface area contributed by atoms with Crippen LogP contribution in [-0.4, -0.2) is 84.5 Å². The predicted molar refractivity (Wildman–Crippen MR) is 244 cm³/mol. The summed E-state index contributed by atoms with van der Waals surface area (Å²) in [5, 5.41) is 14.1. The molecular weight excluding hydrogens is 773 g/mol. The first kappa shape index (κ1) is 47.4. The highest BCUT2D eigenvalue weighted by atomic mass is 28.4. The second kappa shape index (κ2) is 21.4. The lowest BCUT2D eigenvalue weighted by molar-refractivity contribution is -0.182. The largest absolute Gasteiger partial charge is 0.497 e. The van der Waals surface area contributed by atoms with Crippen LogP contribution in [0.15, 0.2) is 97.1 Å². The van der Waals surface area contributed by atoms with E-state index in [1.807, 2.05) is 38.1 Å². The maximum Gasteiger partial charge on any atom is 0.261 e. The number of aliphatic hydroxyl groups excluding tert-OH is 1. The number of hydrogen-bond donors (Lipinski definition) is 1. The molecule has 10 heteroatoms. The molecule has 2 heterocycles. The molecule has 0 bridgehead atoms. The van der Waals surface area contributed by atoms with Crippen molar-refractivity contribution in [1.82, 2.24) is 0 Å². The second-order valence-electron chi connectivity index (χ2n) is 18.3. The molecule has 5 rings (SSSR count). The van der Waals surface area contributed by atoms with Crippen LogP contribution in [0.5, 0.6) is 5.75 Å². The Labute approximate surface area is 358 Å². The Balaban J connectivity index is 1.30. The number of hydrogen-bond acceptors (Lipinski definition) is 8. The summed E-state index contributed by atoms with van der Waals surface area (Å²) in [7, 11) is -3.07. The Kier molecular flexibility index (Phi) is 17.2. The Bertz CT molecular complexity index is 1640. The lowest BCUT2D eigenvalue weighted by atomic mass is 9.92. The summed E-state index contributed by atoms with van der Waals surface area (Å²) in [5.41, 5.74) is 2.10. The molecular formula is C49H74O8Si2. The van der Waals surface area contributed by atoms with E-state index in [1.165, 1.54) is 10.4 Å². The number of ether oxygens (including phenoxy) is 5. The Morgan fingerprint density at radius 3 is 2.00 bits per heavy atom. The number of aliphatic hydroxyl groups is 1. The Morgan fingerprint density at radius 2 is 1.47 bits per heavy atom. The van der Waals surface area contributed by atoms with Gasteiger partial charge >= 0.3 is 0 Å². The topological polar surface area (TPSA) is 84.8 Å². The molecule has 0 radical (unpaired) electrons. The van der Waals surface area contributed by atoms with E-state index >= 15 is 0 Å². The minimum Gasteiger partial charge on any atom is -0.497 e. The van der Waals surface area contributed by atoms with Crippen molar-refractivity contribution in [2.45, 2.75) is 166 Å². The van der Waals surface area contributed by atoms with E-state index in [0.29, 0.717) is 51.9 Å². The van der Waals surface area contributed by atoms with Crippen LogP contribution in [0.3, 0.4) is 0 Å². The van der Waals surface area contributed by atoms with Crippen molar-refractivity contribution in [3.63, 3.8) is 0 Å². The van der Waals surface area contributed by atoms with E-state index in [4.69, 9.17) is 32.5 Å². The van der Waals surface area contributed by atoms with Crippen LogP contribution in [0.25, 0.3) is 0 Å². The Hall–Kier alpha value is -2.65. The van der Waals surface area contributed by atoms with Gasteiger partial charge in [-0.3, -0.25) is 0 Å². The van der Waals surface area contributed by atoms with Gasteiger partial charge in [0.25, 0.3) is 8.32 Å². The highest BCUT2D eigenvalue weighted by molar-refractivity contribution is 6.99. The SMILES string of the molecule is C=C(C[C@H](O)C[C@@H]1C[C@@H](O[Si](c2ccccc2)(c2ccccc2)C(C)(C)C)C[C@H]([C@@H]2COC(C)(C)O2)O1)C[C@H](CCOCc1ccc(OC)cc1)O[Si](CC)(CC)CC. The van der Waals surface area contributed by atoms with Crippen LogP contribution in [-0.2, 0) is 34.4 Å². The number of methoxy groups -OCH3 is 1. The molecule has 0 aromatic heterocycles. The molecule has 2 aliphatic heterocycles. The maximum absolute atomic E-state index is 11.8. The molecule has 0 aliphatic carbocycles. The molecule has 1 N–H and O–H groups in total. The van der Waals surface area contributed by atoms with Gasteiger partial charge < -0.3 is 37.6 Å². The zero-order chi connectivity index (χ0) is 42.7. The van der Waals surface area contributed by atoms with Gasteiger partial charge in [0.05, 0.1) is 50.8 Å². The zero-order valence-electron chi connectivity index (χ0n) is 37.5. The molecule has 0 amide bonds. The molecule has 2 fully saturated rings. The van der Waals surface area contributed by atoms with Crippen molar-refractivity contribution in [3.8, 4) is 5.75 Å². The first-order valence-electron chi connectivity index (χ1n) is 22.1. The summed E-state index contributed by atoms with van der Waals surface area (Å²) < 4.78 is 45.5. The summed E-state index contributed by atoms with van der Waals surface area (Å²) in [6, 6.07) is 32.8. The molecule has 2 aliphatic rings. The molecule has 326 valence electrons.